The van der Waals surface area contributed by atoms with Crippen LogP contribution in [-0.4, -0.2) is 26.7 Å². The maximum atomic E-state index is 13.8. The molecule has 1 aliphatic carbocycles. The van der Waals surface area contributed by atoms with Crippen LogP contribution < -0.4 is 10.9 Å². The summed E-state index contributed by atoms with van der Waals surface area (Å²) in [7, 11) is 0. The molecule has 0 unspecified atom stereocenters. The van der Waals surface area contributed by atoms with Crippen molar-refractivity contribution in [1.82, 2.24) is 20.1 Å². The molecular formula is C20H19FN4O2S. The quantitative estimate of drug-likeness (QED) is 0.712. The molecule has 1 aromatic carbocycles. The number of halogens is 1. The highest BCUT2D eigenvalue weighted by Crippen LogP contribution is 2.36. The van der Waals surface area contributed by atoms with E-state index < -0.39 is 0 Å². The Morgan fingerprint density at radius 3 is 2.75 bits per heavy atom. The largest absolute Gasteiger partial charge is 0.347 e. The number of rotatable bonds is 5. The van der Waals surface area contributed by atoms with Gasteiger partial charge in [0.05, 0.1) is 16.6 Å². The van der Waals surface area contributed by atoms with Gasteiger partial charge in [-0.1, -0.05) is 12.1 Å². The minimum Gasteiger partial charge on any atom is -0.347 e. The molecule has 4 rings (SSSR count). The monoisotopic (exact) mass is 398 g/mol. The number of benzene rings is 1. The second kappa shape index (κ2) is 7.27. The van der Waals surface area contributed by atoms with E-state index in [1.807, 2.05) is 13.8 Å². The molecule has 8 heteroatoms. The molecule has 0 saturated heterocycles. The van der Waals surface area contributed by atoms with Crippen LogP contribution in [0.3, 0.4) is 0 Å². The van der Waals surface area contributed by atoms with Crippen LogP contribution in [0.5, 0.6) is 0 Å². The van der Waals surface area contributed by atoms with Crippen LogP contribution in [0.25, 0.3) is 21.8 Å². The van der Waals surface area contributed by atoms with Crippen molar-refractivity contribution in [2.75, 3.05) is 0 Å². The van der Waals surface area contributed by atoms with Gasteiger partial charge in [-0.25, -0.2) is 14.1 Å². The van der Waals surface area contributed by atoms with Gasteiger partial charge in [-0.05, 0) is 44.9 Å². The minimum absolute atomic E-state index is 0.115. The van der Waals surface area contributed by atoms with Gasteiger partial charge >= 0.3 is 0 Å². The normalized spacial score (nSPS) is 13.7. The van der Waals surface area contributed by atoms with Crippen molar-refractivity contribution in [3.05, 3.63) is 57.6 Å². The molecule has 3 aromatic rings. The third-order valence-corrected chi connectivity index (χ3v) is 5.46. The van der Waals surface area contributed by atoms with Crippen molar-refractivity contribution in [3.63, 3.8) is 0 Å². The van der Waals surface area contributed by atoms with Crippen LogP contribution in [0.2, 0.25) is 0 Å². The third kappa shape index (κ3) is 3.73. The summed E-state index contributed by atoms with van der Waals surface area (Å²) in [5.74, 6) is -0.630. The molecule has 2 aromatic heterocycles. The van der Waals surface area contributed by atoms with Crippen LogP contribution in [0.1, 0.15) is 42.5 Å². The summed E-state index contributed by atoms with van der Waals surface area (Å²) in [5.41, 5.74) is 1.35. The highest BCUT2D eigenvalue weighted by atomic mass is 32.1. The number of thiazole rings is 1. The van der Waals surface area contributed by atoms with Gasteiger partial charge in [-0.15, -0.1) is 11.3 Å². The van der Waals surface area contributed by atoms with Crippen molar-refractivity contribution in [3.8, 4) is 21.8 Å². The fraction of sp³-hybridized carbons (Fsp3) is 0.300. The number of carbonyl (C=O) groups is 1. The number of nitrogens with zero attached hydrogens (tertiary/aromatic N) is 3. The Kier molecular flexibility index (Phi) is 4.80. The lowest BCUT2D eigenvalue weighted by molar-refractivity contribution is 0.0951. The highest BCUT2D eigenvalue weighted by molar-refractivity contribution is 7.17. The van der Waals surface area contributed by atoms with Crippen LogP contribution in [0.15, 0.2) is 41.2 Å². The van der Waals surface area contributed by atoms with Crippen molar-refractivity contribution in [1.29, 1.82) is 0 Å². The minimum atomic E-state index is -0.388. The van der Waals surface area contributed by atoms with Gasteiger partial charge < -0.3 is 5.32 Å². The van der Waals surface area contributed by atoms with E-state index in [4.69, 9.17) is 0 Å². The first-order valence-electron chi connectivity index (χ1n) is 9.10. The Bertz CT molecular complexity index is 1100. The fourth-order valence-electron chi connectivity index (χ4n) is 2.81. The molecule has 28 heavy (non-hydrogen) atoms. The van der Waals surface area contributed by atoms with E-state index in [1.54, 1.807) is 18.2 Å². The van der Waals surface area contributed by atoms with Crippen molar-refractivity contribution >= 4 is 17.2 Å². The van der Waals surface area contributed by atoms with Gasteiger partial charge in [0.2, 0.25) is 0 Å². The van der Waals surface area contributed by atoms with Crippen molar-refractivity contribution < 1.29 is 9.18 Å². The zero-order chi connectivity index (χ0) is 19.8. The van der Waals surface area contributed by atoms with E-state index in [0.29, 0.717) is 26.8 Å². The standard InChI is InChI=1S/C20H19FN4O2S/c1-11(2)25-16(26)9-8-15(24-25)18-17(12-4-3-5-13(21)10-12)23-20(28-18)19(27)22-14-6-7-14/h3-5,8-11,14H,6-7H2,1-2H3,(H,22,27). The SMILES string of the molecule is CC(C)n1nc(-c2sc(C(=O)NC3CC3)nc2-c2cccc(F)c2)ccc1=O. The Hall–Kier alpha value is -2.87. The molecule has 0 atom stereocenters. The van der Waals surface area contributed by atoms with E-state index in [9.17, 15) is 14.0 Å². The first-order valence-corrected chi connectivity index (χ1v) is 9.92. The topological polar surface area (TPSA) is 76.9 Å². The fourth-order valence-corrected chi connectivity index (χ4v) is 3.77. The summed E-state index contributed by atoms with van der Waals surface area (Å²) in [4.78, 5) is 29.7. The summed E-state index contributed by atoms with van der Waals surface area (Å²) in [6.45, 7) is 3.74. The Morgan fingerprint density at radius 2 is 2.07 bits per heavy atom. The molecule has 6 nitrogen and oxygen atoms in total. The number of amides is 1. The zero-order valence-electron chi connectivity index (χ0n) is 15.5. The second-order valence-electron chi connectivity index (χ2n) is 7.05. The van der Waals surface area contributed by atoms with Crippen LogP contribution in [-0.2, 0) is 0 Å². The lowest BCUT2D eigenvalue weighted by atomic mass is 10.1. The summed E-state index contributed by atoms with van der Waals surface area (Å²) in [6.07, 6.45) is 1.95. The number of hydrogen-bond acceptors (Lipinski definition) is 5. The first-order chi connectivity index (χ1) is 13.4. The summed E-state index contributed by atoms with van der Waals surface area (Å²) >= 11 is 1.19. The summed E-state index contributed by atoms with van der Waals surface area (Å²) < 4.78 is 15.2. The highest BCUT2D eigenvalue weighted by Gasteiger charge is 2.27. The number of aromatic nitrogens is 3. The Balaban J connectivity index is 1.84. The van der Waals surface area contributed by atoms with E-state index in [2.05, 4.69) is 15.4 Å². The van der Waals surface area contributed by atoms with Gasteiger partial charge in [0.25, 0.3) is 11.5 Å². The average molecular weight is 398 g/mol. The maximum absolute atomic E-state index is 13.8. The molecule has 1 amide bonds. The van der Waals surface area contributed by atoms with E-state index >= 15 is 0 Å². The van der Waals surface area contributed by atoms with Crippen LogP contribution in [0.4, 0.5) is 4.39 Å². The Labute approximate surface area is 165 Å². The summed E-state index contributed by atoms with van der Waals surface area (Å²) in [5, 5.41) is 7.67. The maximum Gasteiger partial charge on any atom is 0.280 e. The van der Waals surface area contributed by atoms with Gasteiger partial charge in [0.15, 0.2) is 5.01 Å². The molecule has 1 aliphatic rings. The van der Waals surface area contributed by atoms with Gasteiger partial charge in [-0.2, -0.15) is 5.10 Å². The number of hydrogen-bond donors (Lipinski definition) is 1. The Morgan fingerprint density at radius 1 is 1.29 bits per heavy atom. The van der Waals surface area contributed by atoms with Gasteiger partial charge in [0, 0.05) is 17.7 Å². The molecule has 0 spiro atoms. The number of carbonyl (C=O) groups excluding carboxylic acids is 1. The molecule has 1 fully saturated rings. The number of nitrogens with one attached hydrogen (secondary N) is 1. The second-order valence-corrected chi connectivity index (χ2v) is 8.05. The predicted molar refractivity (Wildman–Crippen MR) is 106 cm³/mol. The molecule has 0 bridgehead atoms. The molecular weight excluding hydrogens is 379 g/mol. The molecule has 0 aliphatic heterocycles. The van der Waals surface area contributed by atoms with Gasteiger partial charge in [0.1, 0.15) is 11.5 Å². The lowest BCUT2D eigenvalue weighted by Gasteiger charge is -2.10. The van der Waals surface area contributed by atoms with E-state index in [0.717, 1.165) is 12.8 Å². The van der Waals surface area contributed by atoms with Crippen LogP contribution in [0, 0.1) is 5.82 Å². The van der Waals surface area contributed by atoms with Crippen molar-refractivity contribution in [2.45, 2.75) is 38.8 Å². The third-order valence-electron chi connectivity index (χ3n) is 4.38. The molecule has 0 radical (unpaired) electrons. The van der Waals surface area contributed by atoms with Crippen molar-refractivity contribution in [2.24, 2.45) is 0 Å². The van der Waals surface area contributed by atoms with E-state index in [1.165, 1.54) is 34.2 Å². The first kappa shape index (κ1) is 18.5. The van der Waals surface area contributed by atoms with E-state index in [-0.39, 0.29) is 29.4 Å². The predicted octanol–water partition coefficient (Wildman–Crippen LogP) is 3.65. The molecule has 2 heterocycles. The van der Waals surface area contributed by atoms with Crippen LogP contribution >= 0.6 is 11.3 Å². The molecule has 144 valence electrons. The summed E-state index contributed by atoms with van der Waals surface area (Å²) in [6, 6.07) is 9.21. The van der Waals surface area contributed by atoms with Gasteiger partial charge in [-0.3, -0.25) is 9.59 Å². The molecule has 1 N–H and O–H groups in total. The zero-order valence-corrected chi connectivity index (χ0v) is 16.3. The molecule has 1 saturated carbocycles. The average Bonchev–Trinajstić information content (AvgIpc) is 3.36. The lowest BCUT2D eigenvalue weighted by Crippen LogP contribution is -2.25. The smallest absolute Gasteiger partial charge is 0.280 e.